The van der Waals surface area contributed by atoms with Crippen molar-refractivity contribution in [1.82, 2.24) is 9.47 Å². The fraction of sp³-hybridized carbons (Fsp3) is 0.417. The number of aromatic nitrogens is 1. The number of aliphatic hydroxyl groups is 1. The van der Waals surface area contributed by atoms with Crippen LogP contribution in [-0.4, -0.2) is 60.9 Å². The van der Waals surface area contributed by atoms with Crippen LogP contribution in [-0.2, 0) is 21.7 Å². The van der Waals surface area contributed by atoms with Gasteiger partial charge in [-0.15, -0.1) is 11.3 Å². The molecule has 10 heteroatoms. The summed E-state index contributed by atoms with van der Waals surface area (Å²) >= 11 is 7.63. The predicted octanol–water partition coefficient (Wildman–Crippen LogP) is 3.36. The van der Waals surface area contributed by atoms with E-state index < -0.39 is 9.84 Å². The van der Waals surface area contributed by atoms with E-state index in [1.807, 2.05) is 11.6 Å². The van der Waals surface area contributed by atoms with Crippen LogP contribution in [0, 0.1) is 0 Å². The van der Waals surface area contributed by atoms with Crippen molar-refractivity contribution >= 4 is 49.5 Å². The number of carbonyl (C=O) groups is 1. The van der Waals surface area contributed by atoms with Crippen LogP contribution in [0.1, 0.15) is 30.1 Å². The number of benzene rings is 2. The lowest BCUT2D eigenvalue weighted by Crippen LogP contribution is -2.38. The Hall–Kier alpha value is -2.20. The lowest BCUT2D eigenvalue weighted by molar-refractivity contribution is -0.131. The summed E-state index contributed by atoms with van der Waals surface area (Å²) in [6.45, 7) is 1.65. The fourth-order valence-corrected chi connectivity index (χ4v) is 6.85. The van der Waals surface area contributed by atoms with E-state index in [-0.39, 0.29) is 29.6 Å². The summed E-state index contributed by atoms with van der Waals surface area (Å²) in [7, 11) is -1.62. The first-order valence-corrected chi connectivity index (χ1v) is 14.1. The average Bonchev–Trinajstić information content (AvgIpc) is 3.21. The highest BCUT2D eigenvalue weighted by Gasteiger charge is 2.26. The van der Waals surface area contributed by atoms with E-state index >= 15 is 0 Å². The van der Waals surface area contributed by atoms with Gasteiger partial charge in [-0.2, -0.15) is 0 Å². The second-order valence-corrected chi connectivity index (χ2v) is 12.1. The molecule has 1 N–H and O–H groups in total. The Morgan fingerprint density at radius 2 is 1.88 bits per heavy atom. The lowest BCUT2D eigenvalue weighted by atomic mass is 9.95. The van der Waals surface area contributed by atoms with Crippen LogP contribution in [0.3, 0.4) is 0 Å². The molecule has 0 unspecified atom stereocenters. The summed E-state index contributed by atoms with van der Waals surface area (Å²) in [5.74, 6) is 0.0274. The number of amides is 1. The van der Waals surface area contributed by atoms with Gasteiger partial charge in [0.2, 0.25) is 5.91 Å². The second-order valence-electron chi connectivity index (χ2n) is 8.51. The first-order valence-electron chi connectivity index (χ1n) is 11.2. The smallest absolute Gasteiger partial charge is 0.223 e. The van der Waals surface area contributed by atoms with Gasteiger partial charge in [0.1, 0.15) is 0 Å². The molecule has 182 valence electrons. The zero-order valence-electron chi connectivity index (χ0n) is 19.0. The third-order valence-corrected chi connectivity index (χ3v) is 9.37. The molecule has 1 aliphatic rings. The SMILES string of the molecule is Cn1cc(C2CCN(C(=O)CCS(=O)(=O)c3ccc4cc(Cl)ccc4c3)CC2)s/c1=N\CCO. The van der Waals surface area contributed by atoms with E-state index in [1.165, 1.54) is 4.88 Å². The Labute approximate surface area is 208 Å². The minimum absolute atomic E-state index is 0.0240. The number of hydrogen-bond acceptors (Lipinski definition) is 6. The summed E-state index contributed by atoms with van der Waals surface area (Å²) in [5.41, 5.74) is 0. The summed E-state index contributed by atoms with van der Waals surface area (Å²) in [6.07, 6.45) is 3.73. The molecular weight excluding hydrogens is 494 g/mol. The molecule has 2 heterocycles. The Morgan fingerprint density at radius 1 is 1.18 bits per heavy atom. The molecule has 0 spiro atoms. The highest BCUT2D eigenvalue weighted by atomic mass is 35.5. The highest BCUT2D eigenvalue weighted by molar-refractivity contribution is 7.91. The Morgan fingerprint density at radius 3 is 2.62 bits per heavy atom. The Bertz CT molecular complexity index is 1360. The number of hydrogen-bond donors (Lipinski definition) is 1. The standard InChI is InChI=1S/C24H28ClN3O4S2/c1-27-16-22(33-24(27)26-9-12-29)17-6-10-28(11-7-17)23(30)8-13-34(31,32)21-5-3-18-14-20(25)4-2-19(18)15-21/h2-5,14-17,29H,6-13H2,1H3/b26-24-. The van der Waals surface area contributed by atoms with Crippen LogP contribution in [0.2, 0.25) is 5.02 Å². The van der Waals surface area contributed by atoms with Gasteiger partial charge < -0.3 is 14.6 Å². The summed E-state index contributed by atoms with van der Waals surface area (Å²) in [4.78, 5) is 21.2. The molecule has 7 nitrogen and oxygen atoms in total. The maximum absolute atomic E-state index is 12.9. The molecule has 1 aromatic heterocycles. The maximum Gasteiger partial charge on any atom is 0.223 e. The molecule has 0 bridgehead atoms. The molecule has 0 aliphatic carbocycles. The van der Waals surface area contributed by atoms with Crippen LogP contribution in [0.15, 0.2) is 52.5 Å². The maximum atomic E-state index is 12.9. The van der Waals surface area contributed by atoms with Crippen molar-refractivity contribution in [3.05, 3.63) is 57.3 Å². The fourth-order valence-electron chi connectivity index (χ4n) is 4.23. The molecule has 0 saturated carbocycles. The third kappa shape index (κ3) is 5.71. The number of fused-ring (bicyclic) bond motifs is 1. The van der Waals surface area contributed by atoms with Crippen molar-refractivity contribution in [3.8, 4) is 0 Å². The van der Waals surface area contributed by atoms with E-state index in [2.05, 4.69) is 11.2 Å². The van der Waals surface area contributed by atoms with E-state index in [0.717, 1.165) is 28.4 Å². The number of aliphatic hydroxyl groups excluding tert-OH is 1. The van der Waals surface area contributed by atoms with Crippen molar-refractivity contribution in [2.45, 2.75) is 30.1 Å². The van der Waals surface area contributed by atoms with Crippen molar-refractivity contribution in [1.29, 1.82) is 0 Å². The minimum Gasteiger partial charge on any atom is -0.394 e. The molecule has 0 radical (unpaired) electrons. The molecule has 1 aliphatic heterocycles. The number of sulfone groups is 1. The van der Waals surface area contributed by atoms with Crippen molar-refractivity contribution in [2.75, 3.05) is 32.0 Å². The molecule has 3 aromatic rings. The summed E-state index contributed by atoms with van der Waals surface area (Å²) in [5, 5.41) is 11.3. The molecule has 34 heavy (non-hydrogen) atoms. The number of rotatable bonds is 7. The van der Waals surface area contributed by atoms with Gasteiger partial charge in [0.05, 0.1) is 23.8 Å². The number of nitrogens with zero attached hydrogens (tertiary/aromatic N) is 3. The van der Waals surface area contributed by atoms with Gasteiger partial charge in [0, 0.05) is 42.7 Å². The average molecular weight is 522 g/mol. The largest absolute Gasteiger partial charge is 0.394 e. The predicted molar refractivity (Wildman–Crippen MR) is 135 cm³/mol. The first-order chi connectivity index (χ1) is 16.3. The minimum atomic E-state index is -3.57. The molecule has 1 fully saturated rings. The van der Waals surface area contributed by atoms with E-state index in [9.17, 15) is 13.2 Å². The quantitative estimate of drug-likeness (QED) is 0.516. The van der Waals surface area contributed by atoms with Crippen LogP contribution < -0.4 is 4.80 Å². The molecule has 2 aromatic carbocycles. The van der Waals surface area contributed by atoms with Crippen LogP contribution in [0.4, 0.5) is 0 Å². The second kappa shape index (κ2) is 10.6. The highest BCUT2D eigenvalue weighted by Crippen LogP contribution is 2.30. The van der Waals surface area contributed by atoms with Crippen molar-refractivity contribution in [2.24, 2.45) is 12.0 Å². The molecule has 0 atom stereocenters. The Kier molecular flexibility index (Phi) is 7.77. The van der Waals surface area contributed by atoms with E-state index in [0.29, 0.717) is 30.6 Å². The van der Waals surface area contributed by atoms with Gasteiger partial charge in [-0.3, -0.25) is 9.79 Å². The zero-order chi connectivity index (χ0) is 24.3. The zero-order valence-corrected chi connectivity index (χ0v) is 21.4. The van der Waals surface area contributed by atoms with Gasteiger partial charge >= 0.3 is 0 Å². The number of thiazole rings is 1. The van der Waals surface area contributed by atoms with Crippen molar-refractivity contribution < 1.29 is 18.3 Å². The topological polar surface area (TPSA) is 92.0 Å². The first kappa shape index (κ1) is 24.9. The summed E-state index contributed by atoms with van der Waals surface area (Å²) < 4.78 is 27.7. The van der Waals surface area contributed by atoms with Crippen LogP contribution >= 0.6 is 22.9 Å². The number of aryl methyl sites for hydroxylation is 1. The van der Waals surface area contributed by atoms with Crippen LogP contribution in [0.5, 0.6) is 0 Å². The third-order valence-electron chi connectivity index (χ3n) is 6.15. The lowest BCUT2D eigenvalue weighted by Gasteiger charge is -2.31. The monoisotopic (exact) mass is 521 g/mol. The van der Waals surface area contributed by atoms with E-state index in [1.54, 1.807) is 52.6 Å². The van der Waals surface area contributed by atoms with Gasteiger partial charge in [0.25, 0.3) is 0 Å². The van der Waals surface area contributed by atoms with Gasteiger partial charge in [-0.25, -0.2) is 8.42 Å². The number of halogens is 1. The molecule has 1 saturated heterocycles. The number of likely N-dealkylation sites (tertiary alicyclic amines) is 1. The normalized spacial score (nSPS) is 15.9. The Balaban J connectivity index is 1.34. The van der Waals surface area contributed by atoms with E-state index in [4.69, 9.17) is 16.7 Å². The molecule has 4 rings (SSSR count). The summed E-state index contributed by atoms with van der Waals surface area (Å²) in [6, 6.07) is 10.3. The van der Waals surface area contributed by atoms with Gasteiger partial charge in [0.15, 0.2) is 14.6 Å². The van der Waals surface area contributed by atoms with Gasteiger partial charge in [-0.1, -0.05) is 23.7 Å². The number of carbonyl (C=O) groups excluding carboxylic acids is 1. The van der Waals surface area contributed by atoms with Crippen LogP contribution in [0.25, 0.3) is 10.8 Å². The van der Waals surface area contributed by atoms with Gasteiger partial charge in [-0.05, 0) is 53.8 Å². The number of piperidine rings is 1. The molecular formula is C24H28ClN3O4S2. The molecule has 1 amide bonds. The van der Waals surface area contributed by atoms with Crippen molar-refractivity contribution in [3.63, 3.8) is 0 Å².